The van der Waals surface area contributed by atoms with Gasteiger partial charge in [-0.2, -0.15) is 0 Å². The van der Waals surface area contributed by atoms with Crippen molar-refractivity contribution >= 4 is 17.4 Å². The van der Waals surface area contributed by atoms with E-state index in [0.717, 1.165) is 4.57 Å². The van der Waals surface area contributed by atoms with E-state index in [1.165, 1.54) is 38.2 Å². The summed E-state index contributed by atoms with van der Waals surface area (Å²) in [7, 11) is 4.32. The Kier molecular flexibility index (Phi) is 2.92. The first-order valence-electron chi connectivity index (χ1n) is 5.05. The number of hydrogen-bond donors (Lipinski definition) is 0. The predicted molar refractivity (Wildman–Crippen MR) is 64.6 cm³/mol. The van der Waals surface area contributed by atoms with Crippen LogP contribution >= 0.6 is 0 Å². The maximum Gasteiger partial charge on any atom is 0.332 e. The summed E-state index contributed by atoms with van der Waals surface area (Å²) in [5, 5.41) is 3.54. The largest absolute Gasteiger partial charge is 0.399 e. The fourth-order valence-electron chi connectivity index (χ4n) is 1.52. The minimum Gasteiger partial charge on any atom is -0.399 e. The number of rotatable bonds is 2. The van der Waals surface area contributed by atoms with Gasteiger partial charge < -0.3 is 4.84 Å². The lowest BCUT2D eigenvalue weighted by atomic mass is 10.4. The van der Waals surface area contributed by atoms with Gasteiger partial charge >= 0.3 is 5.69 Å². The molecule has 94 valence electrons. The highest BCUT2D eigenvalue weighted by Crippen LogP contribution is 2.00. The van der Waals surface area contributed by atoms with Gasteiger partial charge in [0.1, 0.15) is 12.8 Å². The Labute approximate surface area is 101 Å². The molecule has 0 N–H and O–H groups in total. The summed E-state index contributed by atoms with van der Waals surface area (Å²) in [6.07, 6.45) is 2.74. The topological polar surface area (TPSA) is 91.4 Å². The van der Waals surface area contributed by atoms with E-state index in [0.29, 0.717) is 5.69 Å². The Balaban J connectivity index is 2.82. The average molecular weight is 249 g/mol. The first kappa shape index (κ1) is 12.0. The van der Waals surface area contributed by atoms with E-state index in [4.69, 9.17) is 0 Å². The van der Waals surface area contributed by atoms with Gasteiger partial charge in [-0.25, -0.2) is 14.8 Å². The molecule has 0 saturated carbocycles. The first-order chi connectivity index (χ1) is 8.56. The molecule has 0 unspecified atom stereocenters. The van der Waals surface area contributed by atoms with Crippen molar-refractivity contribution in [3.8, 4) is 0 Å². The Morgan fingerprint density at radius 2 is 2.06 bits per heavy atom. The minimum absolute atomic E-state index is 0.111. The van der Waals surface area contributed by atoms with Crippen LogP contribution in [0.5, 0.6) is 0 Å². The summed E-state index contributed by atoms with van der Waals surface area (Å²) in [6.45, 7) is 0. The summed E-state index contributed by atoms with van der Waals surface area (Å²) in [5.41, 5.74) is -0.217. The monoisotopic (exact) mass is 249 g/mol. The molecule has 0 fully saturated rings. The third-order valence-electron chi connectivity index (χ3n) is 2.46. The predicted octanol–water partition coefficient (Wildman–Crippen LogP) is -0.992. The van der Waals surface area contributed by atoms with E-state index >= 15 is 0 Å². The fraction of sp³-hybridized carbons (Fsp3) is 0.300. The average Bonchev–Trinajstić information content (AvgIpc) is 2.40. The molecule has 0 radical (unpaired) electrons. The number of hydrogen-bond acceptors (Lipinski definition) is 6. The number of nitrogens with zero attached hydrogens (tertiary/aromatic N) is 5. The lowest BCUT2D eigenvalue weighted by molar-refractivity contribution is 0.215. The molecule has 8 nitrogen and oxygen atoms in total. The molecule has 0 aliphatic rings. The molecule has 0 amide bonds. The Morgan fingerprint density at radius 1 is 1.33 bits per heavy atom. The quantitative estimate of drug-likeness (QED) is 0.503. The molecular weight excluding hydrogens is 238 g/mol. The van der Waals surface area contributed by atoms with Crippen molar-refractivity contribution in [3.63, 3.8) is 0 Å². The van der Waals surface area contributed by atoms with E-state index in [1.807, 2.05) is 0 Å². The van der Waals surface area contributed by atoms with Crippen LogP contribution in [0.3, 0.4) is 0 Å². The minimum atomic E-state index is -0.492. The van der Waals surface area contributed by atoms with Crippen LogP contribution in [0.25, 0.3) is 11.2 Å². The number of aryl methyl sites for hydroxylation is 1. The van der Waals surface area contributed by atoms with Gasteiger partial charge in [-0.05, 0) is 0 Å². The van der Waals surface area contributed by atoms with Gasteiger partial charge in [0.25, 0.3) is 5.56 Å². The lowest BCUT2D eigenvalue weighted by Gasteiger charge is -2.05. The number of fused-ring (bicyclic) bond motifs is 1. The van der Waals surface area contributed by atoms with Crippen molar-refractivity contribution < 1.29 is 4.84 Å². The van der Waals surface area contributed by atoms with Crippen molar-refractivity contribution in [1.29, 1.82) is 0 Å². The highest BCUT2D eigenvalue weighted by molar-refractivity contribution is 5.80. The maximum atomic E-state index is 11.9. The van der Waals surface area contributed by atoms with Crippen molar-refractivity contribution in [2.45, 2.75) is 0 Å². The Morgan fingerprint density at radius 3 is 2.72 bits per heavy atom. The Bertz CT molecular complexity index is 743. The summed E-state index contributed by atoms with van der Waals surface area (Å²) in [6, 6.07) is 0. The molecule has 8 heteroatoms. The zero-order valence-electron chi connectivity index (χ0n) is 10.1. The van der Waals surface area contributed by atoms with Crippen LogP contribution in [0.1, 0.15) is 5.69 Å². The van der Waals surface area contributed by atoms with Gasteiger partial charge in [-0.3, -0.25) is 13.9 Å². The molecule has 0 saturated heterocycles. The molecule has 2 rings (SSSR count). The zero-order chi connectivity index (χ0) is 13.3. The molecule has 0 aromatic carbocycles. The second-order valence-electron chi connectivity index (χ2n) is 3.59. The van der Waals surface area contributed by atoms with Crippen LogP contribution in [-0.2, 0) is 18.9 Å². The lowest BCUT2D eigenvalue weighted by Crippen LogP contribution is -2.37. The van der Waals surface area contributed by atoms with E-state index < -0.39 is 11.2 Å². The van der Waals surface area contributed by atoms with Crippen molar-refractivity contribution in [2.75, 3.05) is 7.11 Å². The third kappa shape index (κ3) is 1.77. The summed E-state index contributed by atoms with van der Waals surface area (Å²) in [5.74, 6) is 0. The first-order valence-corrected chi connectivity index (χ1v) is 5.05. The molecule has 0 bridgehead atoms. The Hall–Kier alpha value is -2.51. The third-order valence-corrected chi connectivity index (χ3v) is 2.46. The second kappa shape index (κ2) is 4.40. The van der Waals surface area contributed by atoms with Crippen LogP contribution in [0, 0.1) is 0 Å². The van der Waals surface area contributed by atoms with Crippen molar-refractivity contribution in [1.82, 2.24) is 19.1 Å². The van der Waals surface area contributed by atoms with E-state index in [2.05, 4.69) is 20.0 Å². The molecule has 2 heterocycles. The summed E-state index contributed by atoms with van der Waals surface area (Å²) < 4.78 is 2.25. The van der Waals surface area contributed by atoms with E-state index in [9.17, 15) is 9.59 Å². The van der Waals surface area contributed by atoms with Gasteiger partial charge in [-0.1, -0.05) is 5.16 Å². The van der Waals surface area contributed by atoms with Gasteiger partial charge in [0, 0.05) is 14.1 Å². The van der Waals surface area contributed by atoms with E-state index in [-0.39, 0.29) is 11.2 Å². The molecule has 2 aromatic heterocycles. The molecule has 0 aliphatic carbocycles. The maximum absolute atomic E-state index is 11.9. The second-order valence-corrected chi connectivity index (χ2v) is 3.59. The van der Waals surface area contributed by atoms with Crippen LogP contribution < -0.4 is 11.2 Å². The highest BCUT2D eigenvalue weighted by Gasteiger charge is 2.10. The van der Waals surface area contributed by atoms with Crippen LogP contribution in [0.15, 0.2) is 20.9 Å². The standard InChI is InChI=1S/C10H11N5O3/c1-14-8-7(9(16)15(2)10(14)17)13-6(4-11-8)5-12-18-3/h4-5H,1-3H3/b12-5+. The SMILES string of the molecule is CO/N=C/c1cnc2c(n1)c(=O)n(C)c(=O)n2C. The normalized spacial score (nSPS) is 11.3. The molecule has 2 aromatic rings. The molecule has 0 aliphatic heterocycles. The zero-order valence-corrected chi connectivity index (χ0v) is 10.1. The van der Waals surface area contributed by atoms with Crippen LogP contribution in [0.2, 0.25) is 0 Å². The van der Waals surface area contributed by atoms with E-state index in [1.54, 1.807) is 0 Å². The molecule has 0 spiro atoms. The highest BCUT2D eigenvalue weighted by atomic mass is 16.6. The molecular formula is C10H11N5O3. The smallest absolute Gasteiger partial charge is 0.332 e. The summed E-state index contributed by atoms with van der Waals surface area (Å²) >= 11 is 0. The van der Waals surface area contributed by atoms with Crippen molar-refractivity contribution in [3.05, 3.63) is 32.7 Å². The van der Waals surface area contributed by atoms with Crippen LogP contribution in [-0.4, -0.2) is 32.4 Å². The van der Waals surface area contributed by atoms with Gasteiger partial charge in [0.05, 0.1) is 12.4 Å². The van der Waals surface area contributed by atoms with Crippen molar-refractivity contribution in [2.24, 2.45) is 19.3 Å². The van der Waals surface area contributed by atoms with Gasteiger partial charge in [-0.15, -0.1) is 0 Å². The fourth-order valence-corrected chi connectivity index (χ4v) is 1.52. The van der Waals surface area contributed by atoms with Crippen LogP contribution in [0.4, 0.5) is 0 Å². The van der Waals surface area contributed by atoms with Gasteiger partial charge in [0.2, 0.25) is 0 Å². The number of oxime groups is 1. The molecule has 18 heavy (non-hydrogen) atoms. The van der Waals surface area contributed by atoms with Gasteiger partial charge in [0.15, 0.2) is 11.2 Å². The number of aromatic nitrogens is 4. The molecule has 0 atom stereocenters. The summed E-state index contributed by atoms with van der Waals surface area (Å²) in [4.78, 5) is 36.2.